The minimum atomic E-state index is -3.34. The molecule has 1 fully saturated rings. The maximum Gasteiger partial charge on any atom is 0.211 e. The van der Waals surface area contributed by atoms with Crippen molar-refractivity contribution < 1.29 is 13.2 Å². The number of fused-ring (bicyclic) bond motifs is 2. The molecule has 2 aromatic heterocycles. The summed E-state index contributed by atoms with van der Waals surface area (Å²) < 4.78 is 34.1. The van der Waals surface area contributed by atoms with E-state index in [1.165, 1.54) is 10.6 Å². The van der Waals surface area contributed by atoms with Crippen LogP contribution in [0.5, 0.6) is 0 Å². The van der Waals surface area contributed by atoms with E-state index in [9.17, 15) is 8.42 Å². The zero-order valence-corrected chi connectivity index (χ0v) is 27.2. The lowest BCUT2D eigenvalue weighted by Crippen LogP contribution is -2.37. The van der Waals surface area contributed by atoms with Gasteiger partial charge in [0.25, 0.3) is 0 Å². The number of benzene rings is 3. The number of para-hydroxylation sites is 2. The molecule has 0 bridgehead atoms. The number of ether oxygens (including phenoxy) is 1. The van der Waals surface area contributed by atoms with Gasteiger partial charge in [0.1, 0.15) is 5.82 Å². The molecule has 1 N–H and O–H groups in total. The lowest BCUT2D eigenvalue weighted by Gasteiger charge is -2.27. The summed E-state index contributed by atoms with van der Waals surface area (Å²) in [4.78, 5) is 10.5. The maximum atomic E-state index is 12.5. The number of imidazole rings is 1. The molecule has 2 aliphatic heterocycles. The molecule has 2 aliphatic rings. The van der Waals surface area contributed by atoms with Crippen LogP contribution in [-0.2, 0) is 34.3 Å². The molecule has 0 radical (unpaired) electrons. The topological polar surface area (TPSA) is 96.3 Å². The Labute approximate surface area is 274 Å². The summed E-state index contributed by atoms with van der Waals surface area (Å²) in [6, 6.07) is 21.7. The van der Waals surface area contributed by atoms with E-state index in [2.05, 4.69) is 31.4 Å². The molecule has 0 unspecified atom stereocenters. The van der Waals surface area contributed by atoms with Crippen molar-refractivity contribution in [3.8, 4) is 34.5 Å². The fourth-order valence-electron chi connectivity index (χ4n) is 6.14. The number of halogens is 1. The van der Waals surface area contributed by atoms with Gasteiger partial charge >= 0.3 is 0 Å². The molecule has 0 saturated carbocycles. The second-order valence-corrected chi connectivity index (χ2v) is 14.2. The van der Waals surface area contributed by atoms with E-state index in [-0.39, 0.29) is 0 Å². The molecule has 4 heterocycles. The van der Waals surface area contributed by atoms with Gasteiger partial charge in [-0.1, -0.05) is 53.8 Å². The molecule has 5 aromatic rings. The highest BCUT2D eigenvalue weighted by Crippen LogP contribution is 2.33. The smallest absolute Gasteiger partial charge is 0.211 e. The third kappa shape index (κ3) is 6.61. The van der Waals surface area contributed by atoms with Crippen molar-refractivity contribution in [1.29, 1.82) is 0 Å². The number of aryl methyl sites for hydroxylation is 1. The van der Waals surface area contributed by atoms with Crippen molar-refractivity contribution in [2.24, 2.45) is 0 Å². The van der Waals surface area contributed by atoms with Gasteiger partial charge in [0.05, 0.1) is 41.2 Å². The first-order valence-corrected chi connectivity index (χ1v) is 17.8. The van der Waals surface area contributed by atoms with Gasteiger partial charge < -0.3 is 9.72 Å². The standard InChI is InChI=1S/C35H35ClN6O3S/c1-46(43,44)41-18-15-33-29(24-41)34(39-42(33)17-4-16-40-19-21-45-22-20-40)28-13-14-30(36)27(23-28)12-9-25-7-10-26(11-8-25)35-37-31-5-2-3-6-32(31)38-35/h2-3,5-8,10-11,13-14,23H,4,15-22,24H2,1H3,(H,37,38). The van der Waals surface area contributed by atoms with Crippen molar-refractivity contribution in [2.75, 3.05) is 45.6 Å². The van der Waals surface area contributed by atoms with Crippen LogP contribution in [0.1, 0.15) is 28.8 Å². The van der Waals surface area contributed by atoms with E-state index in [1.807, 2.05) is 66.7 Å². The second kappa shape index (κ2) is 13.0. The SMILES string of the molecule is CS(=O)(=O)N1CCc2c(c(-c3ccc(Cl)c(C#Cc4ccc(-c5nc6ccccc6[nH]5)cc4)c3)nn2CCCN2CCOCC2)C1. The van der Waals surface area contributed by atoms with E-state index in [1.54, 1.807) is 0 Å². The Bertz CT molecular complexity index is 2020. The molecule has 0 aliphatic carbocycles. The van der Waals surface area contributed by atoms with Crippen LogP contribution in [0.2, 0.25) is 5.02 Å². The van der Waals surface area contributed by atoms with E-state index in [0.717, 1.165) is 96.3 Å². The summed E-state index contributed by atoms with van der Waals surface area (Å²) in [6.07, 6.45) is 2.84. The Morgan fingerprint density at radius 2 is 1.74 bits per heavy atom. The third-order valence-electron chi connectivity index (χ3n) is 8.64. The number of rotatable bonds is 7. The maximum absolute atomic E-state index is 12.5. The van der Waals surface area contributed by atoms with Crippen LogP contribution in [0.25, 0.3) is 33.7 Å². The number of sulfonamides is 1. The summed E-state index contributed by atoms with van der Waals surface area (Å²) in [5.74, 6) is 7.31. The average molecular weight is 655 g/mol. The van der Waals surface area contributed by atoms with E-state index in [4.69, 9.17) is 21.4 Å². The van der Waals surface area contributed by atoms with E-state index < -0.39 is 10.0 Å². The van der Waals surface area contributed by atoms with Crippen molar-refractivity contribution in [2.45, 2.75) is 25.9 Å². The van der Waals surface area contributed by atoms with Crippen LogP contribution >= 0.6 is 11.6 Å². The van der Waals surface area contributed by atoms with Crippen molar-refractivity contribution in [3.05, 3.63) is 94.1 Å². The highest BCUT2D eigenvalue weighted by molar-refractivity contribution is 7.88. The summed E-state index contributed by atoms with van der Waals surface area (Å²) in [5.41, 5.74) is 8.15. The molecule has 0 amide bonds. The average Bonchev–Trinajstić information content (AvgIpc) is 3.66. The predicted molar refractivity (Wildman–Crippen MR) is 181 cm³/mol. The summed E-state index contributed by atoms with van der Waals surface area (Å²) in [6.45, 7) is 5.95. The highest BCUT2D eigenvalue weighted by Gasteiger charge is 2.30. The van der Waals surface area contributed by atoms with Crippen LogP contribution in [-0.4, -0.2) is 83.0 Å². The number of hydrogen-bond acceptors (Lipinski definition) is 6. The minimum absolute atomic E-state index is 0.300. The van der Waals surface area contributed by atoms with Crippen LogP contribution in [0.4, 0.5) is 0 Å². The summed E-state index contributed by atoms with van der Waals surface area (Å²) in [5, 5.41) is 5.60. The predicted octanol–water partition coefficient (Wildman–Crippen LogP) is 5.19. The molecule has 236 valence electrons. The molecule has 0 spiro atoms. The first-order valence-electron chi connectivity index (χ1n) is 15.5. The fourth-order valence-corrected chi connectivity index (χ4v) is 7.09. The zero-order chi connectivity index (χ0) is 31.7. The van der Waals surface area contributed by atoms with Crippen LogP contribution in [0, 0.1) is 11.8 Å². The lowest BCUT2D eigenvalue weighted by atomic mass is 10.0. The summed E-state index contributed by atoms with van der Waals surface area (Å²) >= 11 is 6.63. The Morgan fingerprint density at radius 1 is 0.957 bits per heavy atom. The summed E-state index contributed by atoms with van der Waals surface area (Å²) in [7, 11) is -3.34. The van der Waals surface area contributed by atoms with Gasteiger partial charge in [-0.05, 0) is 42.8 Å². The Kier molecular flexibility index (Phi) is 8.68. The molecule has 1 saturated heterocycles. The fraction of sp³-hybridized carbons (Fsp3) is 0.314. The van der Waals surface area contributed by atoms with E-state index >= 15 is 0 Å². The van der Waals surface area contributed by atoms with Crippen LogP contribution < -0.4 is 0 Å². The molecular formula is C35H35ClN6O3S. The Morgan fingerprint density at radius 3 is 2.52 bits per heavy atom. The Balaban J connectivity index is 1.15. The quantitative estimate of drug-likeness (QED) is 0.243. The van der Waals surface area contributed by atoms with Crippen LogP contribution in [0.3, 0.4) is 0 Å². The van der Waals surface area contributed by atoms with Gasteiger partial charge in [-0.15, -0.1) is 0 Å². The lowest BCUT2D eigenvalue weighted by molar-refractivity contribution is 0.0368. The number of aromatic amines is 1. The molecule has 3 aromatic carbocycles. The first kappa shape index (κ1) is 30.7. The molecule has 0 atom stereocenters. The molecular weight excluding hydrogens is 620 g/mol. The highest BCUT2D eigenvalue weighted by atomic mass is 35.5. The normalized spacial score (nSPS) is 15.9. The number of hydrogen-bond donors (Lipinski definition) is 1. The second-order valence-electron chi connectivity index (χ2n) is 11.8. The zero-order valence-electron chi connectivity index (χ0n) is 25.7. The molecule has 46 heavy (non-hydrogen) atoms. The molecule has 11 heteroatoms. The molecule has 9 nitrogen and oxygen atoms in total. The minimum Gasteiger partial charge on any atom is -0.379 e. The van der Waals surface area contributed by atoms with Gasteiger partial charge in [0, 0.05) is 79.2 Å². The largest absolute Gasteiger partial charge is 0.379 e. The van der Waals surface area contributed by atoms with Gasteiger partial charge in [0.2, 0.25) is 10.0 Å². The number of nitrogens with one attached hydrogen (secondary N) is 1. The van der Waals surface area contributed by atoms with E-state index in [0.29, 0.717) is 30.1 Å². The number of H-pyrrole nitrogens is 1. The van der Waals surface area contributed by atoms with Crippen molar-refractivity contribution in [3.63, 3.8) is 0 Å². The van der Waals surface area contributed by atoms with Gasteiger partial charge in [-0.2, -0.15) is 9.40 Å². The first-order chi connectivity index (χ1) is 22.3. The van der Waals surface area contributed by atoms with Gasteiger partial charge in [-0.3, -0.25) is 9.58 Å². The Hall–Kier alpha value is -3.98. The van der Waals surface area contributed by atoms with Crippen LogP contribution in [0.15, 0.2) is 66.7 Å². The van der Waals surface area contributed by atoms with Gasteiger partial charge in [-0.25, -0.2) is 13.4 Å². The number of aromatic nitrogens is 4. The van der Waals surface area contributed by atoms with Crippen molar-refractivity contribution in [1.82, 2.24) is 29.0 Å². The third-order valence-corrected chi connectivity index (χ3v) is 10.2. The number of nitrogens with zero attached hydrogens (tertiary/aromatic N) is 5. The monoisotopic (exact) mass is 654 g/mol. The molecule has 7 rings (SSSR count). The van der Waals surface area contributed by atoms with Gasteiger partial charge in [0.15, 0.2) is 0 Å². The van der Waals surface area contributed by atoms with Crippen molar-refractivity contribution >= 4 is 32.7 Å². The number of morpholine rings is 1.